The zero-order chi connectivity index (χ0) is 10.8. The molecule has 2 rings (SSSR count). The van der Waals surface area contributed by atoms with Crippen LogP contribution in [0.2, 0.25) is 0 Å². The summed E-state index contributed by atoms with van der Waals surface area (Å²) < 4.78 is 14.9. The van der Waals surface area contributed by atoms with Crippen LogP contribution in [0.15, 0.2) is 24.3 Å². The van der Waals surface area contributed by atoms with Gasteiger partial charge >= 0.3 is 5.97 Å². The first-order chi connectivity index (χ1) is 7.26. The highest BCUT2D eigenvalue weighted by molar-refractivity contribution is 5.78. The molecule has 0 spiro atoms. The topological polar surface area (TPSA) is 48.1 Å². The molecule has 2 atom stereocenters. The maximum Gasteiger partial charge on any atom is 0.338 e. The Labute approximate surface area is 87.8 Å². The molecule has 1 aliphatic rings. The van der Waals surface area contributed by atoms with Gasteiger partial charge < -0.3 is 14.2 Å². The minimum absolute atomic E-state index is 0.187. The van der Waals surface area contributed by atoms with Crippen LogP contribution in [0.3, 0.4) is 0 Å². The lowest BCUT2D eigenvalue weighted by atomic mass is 10.1. The van der Waals surface area contributed by atoms with Gasteiger partial charge in [0.05, 0.1) is 14.2 Å². The maximum absolute atomic E-state index is 11.1. The summed E-state index contributed by atoms with van der Waals surface area (Å²) in [6.07, 6.45) is -0.644. The molecular weight excluding hydrogens is 196 g/mol. The molecule has 4 heteroatoms. The lowest BCUT2D eigenvalue weighted by Gasteiger charge is -2.01. The van der Waals surface area contributed by atoms with Crippen molar-refractivity contribution in [2.45, 2.75) is 12.2 Å². The summed E-state index contributed by atoms with van der Waals surface area (Å²) in [4.78, 5) is 11.1. The van der Waals surface area contributed by atoms with Gasteiger partial charge in [-0.15, -0.1) is 0 Å². The van der Waals surface area contributed by atoms with Crippen molar-refractivity contribution in [1.29, 1.82) is 0 Å². The average molecular weight is 208 g/mol. The number of ether oxygens (including phenoxy) is 3. The Morgan fingerprint density at radius 1 is 1.40 bits per heavy atom. The molecule has 1 aromatic rings. The van der Waals surface area contributed by atoms with Crippen molar-refractivity contribution >= 4 is 5.97 Å². The molecule has 0 aliphatic carbocycles. The van der Waals surface area contributed by atoms with E-state index in [2.05, 4.69) is 4.74 Å². The van der Waals surface area contributed by atoms with Crippen LogP contribution < -0.4 is 4.74 Å². The molecule has 1 fully saturated rings. The van der Waals surface area contributed by atoms with Gasteiger partial charge in [-0.2, -0.15) is 0 Å². The van der Waals surface area contributed by atoms with Crippen molar-refractivity contribution in [3.8, 4) is 5.75 Å². The zero-order valence-electron chi connectivity index (χ0n) is 8.60. The fourth-order valence-electron chi connectivity index (χ4n) is 1.48. The number of hydrogen-bond donors (Lipinski definition) is 0. The molecule has 0 unspecified atom stereocenters. The quantitative estimate of drug-likeness (QED) is 0.555. The van der Waals surface area contributed by atoms with E-state index in [0.29, 0.717) is 0 Å². The largest absolute Gasteiger partial charge is 0.497 e. The van der Waals surface area contributed by atoms with Gasteiger partial charge in [0.2, 0.25) is 0 Å². The fraction of sp³-hybridized carbons (Fsp3) is 0.364. The van der Waals surface area contributed by atoms with Crippen molar-refractivity contribution < 1.29 is 19.0 Å². The van der Waals surface area contributed by atoms with Gasteiger partial charge in [0, 0.05) is 0 Å². The molecule has 1 saturated heterocycles. The Bertz CT molecular complexity index is 375. The Morgan fingerprint density at radius 3 is 2.87 bits per heavy atom. The molecule has 4 nitrogen and oxygen atoms in total. The Morgan fingerprint density at radius 2 is 2.20 bits per heavy atom. The minimum atomic E-state index is -0.456. The summed E-state index contributed by atoms with van der Waals surface area (Å²) in [5.41, 5.74) is 0.935. The molecule has 0 saturated carbocycles. The predicted molar refractivity (Wildman–Crippen MR) is 52.6 cm³/mol. The van der Waals surface area contributed by atoms with Gasteiger partial charge in [0.25, 0.3) is 0 Å². The van der Waals surface area contributed by atoms with Crippen LogP contribution >= 0.6 is 0 Å². The number of benzene rings is 1. The van der Waals surface area contributed by atoms with Crippen LogP contribution in [0.5, 0.6) is 5.75 Å². The molecular formula is C11H12O4. The van der Waals surface area contributed by atoms with E-state index in [1.54, 1.807) is 7.11 Å². The molecule has 0 radical (unpaired) electrons. The third-order valence-electron chi connectivity index (χ3n) is 2.35. The molecule has 1 aliphatic heterocycles. The van der Waals surface area contributed by atoms with Gasteiger partial charge in [0.15, 0.2) is 6.10 Å². The molecule has 15 heavy (non-hydrogen) atoms. The van der Waals surface area contributed by atoms with Gasteiger partial charge in [-0.1, -0.05) is 12.1 Å². The summed E-state index contributed by atoms with van der Waals surface area (Å²) in [5.74, 6) is 0.425. The molecule has 0 amide bonds. The van der Waals surface area contributed by atoms with Gasteiger partial charge in [0.1, 0.15) is 11.9 Å². The van der Waals surface area contributed by atoms with E-state index in [0.717, 1.165) is 11.3 Å². The van der Waals surface area contributed by atoms with Gasteiger partial charge in [-0.25, -0.2) is 4.79 Å². The number of carbonyl (C=O) groups is 1. The monoisotopic (exact) mass is 208 g/mol. The first-order valence-electron chi connectivity index (χ1n) is 4.63. The number of epoxide rings is 1. The highest BCUT2D eigenvalue weighted by Gasteiger charge is 2.47. The van der Waals surface area contributed by atoms with E-state index in [1.165, 1.54) is 7.11 Å². The van der Waals surface area contributed by atoms with E-state index in [9.17, 15) is 4.79 Å². The predicted octanol–water partition coefficient (Wildman–Crippen LogP) is 1.31. The SMILES string of the molecule is COC(=O)[C@H]1O[C@H]1c1cccc(OC)c1. The first kappa shape index (κ1) is 9.98. The number of hydrogen-bond acceptors (Lipinski definition) is 4. The molecule has 80 valence electrons. The Kier molecular flexibility index (Phi) is 2.60. The van der Waals surface area contributed by atoms with Crippen LogP contribution in [0, 0.1) is 0 Å². The number of rotatable bonds is 3. The summed E-state index contributed by atoms with van der Waals surface area (Å²) in [5, 5.41) is 0. The van der Waals surface area contributed by atoms with E-state index in [1.807, 2.05) is 24.3 Å². The first-order valence-corrected chi connectivity index (χ1v) is 4.63. The fourth-order valence-corrected chi connectivity index (χ4v) is 1.48. The van der Waals surface area contributed by atoms with Crippen LogP contribution in [-0.4, -0.2) is 26.3 Å². The smallest absolute Gasteiger partial charge is 0.338 e. The molecule has 1 aromatic carbocycles. The summed E-state index contributed by atoms with van der Waals surface area (Å²) in [6, 6.07) is 7.47. The maximum atomic E-state index is 11.1. The van der Waals surface area contributed by atoms with E-state index >= 15 is 0 Å². The Balaban J connectivity index is 2.09. The third-order valence-corrected chi connectivity index (χ3v) is 2.35. The van der Waals surface area contributed by atoms with E-state index in [4.69, 9.17) is 9.47 Å². The number of methoxy groups -OCH3 is 2. The average Bonchev–Trinajstić information content (AvgIpc) is 3.08. The van der Waals surface area contributed by atoms with Crippen molar-refractivity contribution in [3.63, 3.8) is 0 Å². The lowest BCUT2D eigenvalue weighted by molar-refractivity contribution is -0.142. The second-order valence-corrected chi connectivity index (χ2v) is 3.28. The summed E-state index contributed by atoms with van der Waals surface area (Å²) >= 11 is 0. The van der Waals surface area contributed by atoms with Crippen molar-refractivity contribution in [2.24, 2.45) is 0 Å². The zero-order valence-corrected chi connectivity index (χ0v) is 8.60. The van der Waals surface area contributed by atoms with E-state index < -0.39 is 6.10 Å². The molecule has 1 heterocycles. The highest BCUT2D eigenvalue weighted by Crippen LogP contribution is 2.40. The second-order valence-electron chi connectivity index (χ2n) is 3.28. The van der Waals surface area contributed by atoms with E-state index in [-0.39, 0.29) is 12.1 Å². The lowest BCUT2D eigenvalue weighted by Crippen LogP contribution is -2.09. The van der Waals surface area contributed by atoms with Crippen LogP contribution in [-0.2, 0) is 14.3 Å². The highest BCUT2D eigenvalue weighted by atomic mass is 16.6. The molecule has 0 aromatic heterocycles. The minimum Gasteiger partial charge on any atom is -0.497 e. The van der Waals surface area contributed by atoms with Gasteiger partial charge in [-0.3, -0.25) is 0 Å². The third kappa shape index (κ3) is 1.94. The standard InChI is InChI=1S/C11H12O4/c1-13-8-5-3-4-7(6-8)9-10(15-9)11(12)14-2/h3-6,9-10H,1-2H3/t9-,10-/m0/s1. The number of esters is 1. The molecule has 0 N–H and O–H groups in total. The summed E-state index contributed by atoms with van der Waals surface area (Å²) in [7, 11) is 2.96. The van der Waals surface area contributed by atoms with Gasteiger partial charge in [-0.05, 0) is 17.7 Å². The van der Waals surface area contributed by atoms with Crippen LogP contribution in [0.25, 0.3) is 0 Å². The number of carbonyl (C=O) groups excluding carboxylic acids is 1. The normalized spacial score (nSPS) is 23.3. The van der Waals surface area contributed by atoms with Crippen LogP contribution in [0.1, 0.15) is 11.7 Å². The second kappa shape index (κ2) is 3.90. The van der Waals surface area contributed by atoms with Crippen molar-refractivity contribution in [2.75, 3.05) is 14.2 Å². The Hall–Kier alpha value is -1.55. The summed E-state index contributed by atoms with van der Waals surface area (Å²) in [6.45, 7) is 0. The van der Waals surface area contributed by atoms with Crippen molar-refractivity contribution in [3.05, 3.63) is 29.8 Å². The van der Waals surface area contributed by atoms with Crippen molar-refractivity contribution in [1.82, 2.24) is 0 Å². The van der Waals surface area contributed by atoms with Crippen LogP contribution in [0.4, 0.5) is 0 Å². The molecule has 0 bridgehead atoms.